The molecule has 2 aromatic rings. The largest absolute Gasteiger partial charge is 0.388 e. The van der Waals surface area contributed by atoms with E-state index < -0.39 is 0 Å². The number of nitrogens with zero attached hydrogens (tertiary/aromatic N) is 1. The number of hydrogen-bond donors (Lipinski definition) is 2. The van der Waals surface area contributed by atoms with Gasteiger partial charge >= 0.3 is 0 Å². The molecule has 0 saturated heterocycles. The molecule has 2 rings (SSSR count). The molecule has 1 heterocycles. The average Bonchev–Trinajstić information content (AvgIpc) is 2.33. The lowest BCUT2D eigenvalue weighted by molar-refractivity contribution is 0.627. The van der Waals surface area contributed by atoms with Crippen LogP contribution in [0.25, 0.3) is 0 Å². The first-order chi connectivity index (χ1) is 8.56. The van der Waals surface area contributed by atoms with Crippen molar-refractivity contribution in [3.8, 4) is 0 Å². The van der Waals surface area contributed by atoms with Crippen LogP contribution < -0.4 is 11.1 Å². The molecule has 0 spiro atoms. The number of nitrogens with one attached hydrogen (secondary N) is 1. The number of rotatable bonds is 3. The fraction of sp³-hybridized carbons (Fsp3) is 0.0769. The Bertz CT molecular complexity index is 599. The summed E-state index contributed by atoms with van der Waals surface area (Å²) in [6.07, 6.45) is 1.62. The third-order valence-electron chi connectivity index (χ3n) is 2.48. The lowest BCUT2D eigenvalue weighted by Crippen LogP contribution is -2.11. The van der Waals surface area contributed by atoms with Gasteiger partial charge in [-0.25, -0.2) is 4.39 Å². The lowest BCUT2D eigenvalue weighted by Gasteiger charge is -2.10. The molecule has 0 atom stereocenters. The molecule has 92 valence electrons. The number of nitrogens with two attached hydrogens (primary N) is 1. The average molecular weight is 261 g/mol. The number of hydrogen-bond acceptors (Lipinski definition) is 3. The minimum atomic E-state index is -0.253. The third kappa shape index (κ3) is 2.81. The van der Waals surface area contributed by atoms with Gasteiger partial charge in [-0.2, -0.15) is 0 Å². The third-order valence-corrected chi connectivity index (χ3v) is 2.69. The van der Waals surface area contributed by atoms with Gasteiger partial charge in [-0.15, -0.1) is 0 Å². The molecular weight excluding hydrogens is 249 g/mol. The van der Waals surface area contributed by atoms with Crippen molar-refractivity contribution in [1.29, 1.82) is 0 Å². The fourth-order valence-electron chi connectivity index (χ4n) is 1.57. The van der Waals surface area contributed by atoms with Gasteiger partial charge in [0.15, 0.2) is 0 Å². The summed E-state index contributed by atoms with van der Waals surface area (Å²) in [5.74, 6) is -0.253. The number of pyridine rings is 1. The van der Waals surface area contributed by atoms with Crippen molar-refractivity contribution in [2.75, 3.05) is 5.32 Å². The van der Waals surface area contributed by atoms with Gasteiger partial charge in [-0.05, 0) is 42.8 Å². The number of thiocarbonyl (C=S) groups is 1. The monoisotopic (exact) mass is 261 g/mol. The number of anilines is 2. The van der Waals surface area contributed by atoms with E-state index in [9.17, 15) is 4.39 Å². The Hall–Kier alpha value is -2.01. The quantitative estimate of drug-likeness (QED) is 0.834. The van der Waals surface area contributed by atoms with Crippen molar-refractivity contribution in [2.24, 2.45) is 5.73 Å². The predicted molar refractivity (Wildman–Crippen MR) is 74.5 cm³/mol. The van der Waals surface area contributed by atoms with Crippen LogP contribution in [0.1, 0.15) is 11.3 Å². The van der Waals surface area contributed by atoms with Gasteiger partial charge in [0.05, 0.1) is 5.69 Å². The molecule has 0 aliphatic carbocycles. The first-order valence-corrected chi connectivity index (χ1v) is 5.76. The minimum absolute atomic E-state index is 0.245. The topological polar surface area (TPSA) is 50.9 Å². The molecule has 0 unspecified atom stereocenters. The van der Waals surface area contributed by atoms with E-state index in [2.05, 4.69) is 10.3 Å². The zero-order valence-corrected chi connectivity index (χ0v) is 10.6. The summed E-state index contributed by atoms with van der Waals surface area (Å²) in [7, 11) is 0. The molecule has 0 fully saturated rings. The van der Waals surface area contributed by atoms with E-state index in [1.165, 1.54) is 12.1 Å². The Balaban J connectivity index is 2.28. The van der Waals surface area contributed by atoms with E-state index in [1.54, 1.807) is 24.4 Å². The molecule has 0 amide bonds. The van der Waals surface area contributed by atoms with Gasteiger partial charge in [0.1, 0.15) is 10.8 Å². The Morgan fingerprint density at radius 2 is 2.11 bits per heavy atom. The summed E-state index contributed by atoms with van der Waals surface area (Å²) in [5, 5.41) is 3.17. The highest BCUT2D eigenvalue weighted by Gasteiger charge is 2.03. The maximum Gasteiger partial charge on any atom is 0.123 e. The normalized spacial score (nSPS) is 10.1. The van der Waals surface area contributed by atoms with Gasteiger partial charge in [0.2, 0.25) is 0 Å². The fourth-order valence-corrected chi connectivity index (χ4v) is 1.68. The SMILES string of the molecule is Cc1cc(F)ccc1Nc1ccnc(C(N)=S)c1. The van der Waals surface area contributed by atoms with Crippen molar-refractivity contribution in [3.05, 3.63) is 53.6 Å². The molecule has 0 aliphatic heterocycles. The molecule has 0 bridgehead atoms. The highest BCUT2D eigenvalue weighted by atomic mass is 32.1. The maximum absolute atomic E-state index is 13.0. The number of aryl methyl sites for hydroxylation is 1. The molecule has 0 radical (unpaired) electrons. The van der Waals surface area contributed by atoms with Crippen molar-refractivity contribution in [3.63, 3.8) is 0 Å². The second-order valence-corrected chi connectivity index (χ2v) is 4.32. The van der Waals surface area contributed by atoms with E-state index in [1.807, 2.05) is 6.92 Å². The van der Waals surface area contributed by atoms with Crippen LogP contribution in [0.2, 0.25) is 0 Å². The van der Waals surface area contributed by atoms with Crippen LogP contribution in [0.3, 0.4) is 0 Å². The molecule has 3 nitrogen and oxygen atoms in total. The molecule has 1 aromatic carbocycles. The van der Waals surface area contributed by atoms with Crippen LogP contribution >= 0.6 is 12.2 Å². The standard InChI is InChI=1S/C13H12FN3S/c1-8-6-9(14)2-3-11(8)17-10-4-5-16-12(7-10)13(15)18/h2-7H,1H3,(H2,15,18)(H,16,17). The van der Waals surface area contributed by atoms with Crippen LogP contribution in [0.15, 0.2) is 36.5 Å². The van der Waals surface area contributed by atoms with Crippen molar-refractivity contribution in [1.82, 2.24) is 4.98 Å². The Morgan fingerprint density at radius 3 is 2.78 bits per heavy atom. The minimum Gasteiger partial charge on any atom is -0.388 e. The van der Waals surface area contributed by atoms with E-state index in [0.29, 0.717) is 5.69 Å². The second-order valence-electron chi connectivity index (χ2n) is 3.88. The van der Waals surface area contributed by atoms with E-state index in [4.69, 9.17) is 18.0 Å². The summed E-state index contributed by atoms with van der Waals surface area (Å²) in [5.41, 5.74) is 8.53. The van der Waals surface area contributed by atoms with Crippen molar-refractivity contribution >= 4 is 28.6 Å². The van der Waals surface area contributed by atoms with Gasteiger partial charge < -0.3 is 11.1 Å². The number of benzene rings is 1. The van der Waals surface area contributed by atoms with Gasteiger partial charge in [0.25, 0.3) is 0 Å². The summed E-state index contributed by atoms with van der Waals surface area (Å²) < 4.78 is 13.0. The molecule has 1 aromatic heterocycles. The maximum atomic E-state index is 13.0. The van der Waals surface area contributed by atoms with Crippen molar-refractivity contribution < 1.29 is 4.39 Å². The van der Waals surface area contributed by atoms with E-state index >= 15 is 0 Å². The number of halogens is 1. The Kier molecular flexibility index (Phi) is 3.53. The second kappa shape index (κ2) is 5.10. The first-order valence-electron chi connectivity index (χ1n) is 5.35. The molecule has 18 heavy (non-hydrogen) atoms. The highest BCUT2D eigenvalue weighted by molar-refractivity contribution is 7.80. The zero-order valence-electron chi connectivity index (χ0n) is 9.77. The van der Waals surface area contributed by atoms with Crippen LogP contribution in [-0.4, -0.2) is 9.97 Å². The highest BCUT2D eigenvalue weighted by Crippen LogP contribution is 2.21. The lowest BCUT2D eigenvalue weighted by atomic mass is 10.2. The summed E-state index contributed by atoms with van der Waals surface area (Å²) >= 11 is 4.87. The van der Waals surface area contributed by atoms with Crippen LogP contribution in [0.5, 0.6) is 0 Å². The Labute approximate surface area is 110 Å². The predicted octanol–water partition coefficient (Wildman–Crippen LogP) is 2.91. The van der Waals surface area contributed by atoms with Gasteiger partial charge in [-0.3, -0.25) is 4.98 Å². The van der Waals surface area contributed by atoms with Crippen molar-refractivity contribution in [2.45, 2.75) is 6.92 Å². The molecule has 5 heteroatoms. The first kappa shape index (κ1) is 12.4. The van der Waals surface area contributed by atoms with Crippen LogP contribution in [0.4, 0.5) is 15.8 Å². The zero-order chi connectivity index (χ0) is 13.1. The van der Waals surface area contributed by atoms with Gasteiger partial charge in [0, 0.05) is 17.6 Å². The molecular formula is C13H12FN3S. The molecule has 0 aliphatic rings. The van der Waals surface area contributed by atoms with Crippen LogP contribution in [-0.2, 0) is 0 Å². The summed E-state index contributed by atoms with van der Waals surface area (Å²) in [4.78, 5) is 4.30. The van der Waals surface area contributed by atoms with Crippen LogP contribution in [0, 0.1) is 12.7 Å². The molecule has 3 N–H and O–H groups in total. The smallest absolute Gasteiger partial charge is 0.123 e. The van der Waals surface area contributed by atoms with E-state index in [-0.39, 0.29) is 10.8 Å². The summed E-state index contributed by atoms with van der Waals surface area (Å²) in [6.45, 7) is 1.83. The van der Waals surface area contributed by atoms with Gasteiger partial charge in [-0.1, -0.05) is 12.2 Å². The Morgan fingerprint density at radius 1 is 1.33 bits per heavy atom. The molecule has 0 saturated carbocycles. The van der Waals surface area contributed by atoms with E-state index in [0.717, 1.165) is 16.9 Å². The number of aromatic nitrogens is 1. The summed E-state index contributed by atoms with van der Waals surface area (Å²) in [6, 6.07) is 8.12.